The molecular weight excluding hydrogens is 488 g/mol. The monoisotopic (exact) mass is 513 g/mol. The molecular formula is C24H27Cl3FN3O2. The molecule has 5 nitrogen and oxygen atoms in total. The van der Waals surface area contributed by atoms with Crippen LogP contribution in [0.25, 0.3) is 10.9 Å². The zero-order chi connectivity index (χ0) is 22.8. The molecule has 0 atom stereocenters. The summed E-state index contributed by atoms with van der Waals surface area (Å²) >= 11 is 12.7. The summed E-state index contributed by atoms with van der Waals surface area (Å²) in [5.74, 6) is -0.224. The number of benzene rings is 2. The maximum atomic E-state index is 14.4. The van der Waals surface area contributed by atoms with Crippen molar-refractivity contribution in [3.8, 4) is 0 Å². The second-order valence-corrected chi connectivity index (χ2v) is 8.98. The lowest BCUT2D eigenvalue weighted by Crippen LogP contribution is -2.38. The molecule has 0 spiro atoms. The van der Waals surface area contributed by atoms with Gasteiger partial charge in [0.15, 0.2) is 0 Å². The van der Waals surface area contributed by atoms with Gasteiger partial charge in [0, 0.05) is 49.9 Å². The minimum atomic E-state index is -0.211. The first-order chi connectivity index (χ1) is 15.4. The van der Waals surface area contributed by atoms with E-state index in [1.807, 2.05) is 27.8 Å². The lowest BCUT2D eigenvalue weighted by Gasteiger charge is -2.32. The van der Waals surface area contributed by atoms with Gasteiger partial charge in [-0.15, -0.1) is 12.4 Å². The molecule has 0 radical (unpaired) electrons. The van der Waals surface area contributed by atoms with Crippen LogP contribution in [0.15, 0.2) is 36.5 Å². The zero-order valence-electron chi connectivity index (χ0n) is 18.3. The number of nitrogens with zero attached hydrogens (tertiary/aromatic N) is 2. The number of halogens is 4. The van der Waals surface area contributed by atoms with E-state index in [0.29, 0.717) is 72.2 Å². The Labute approximate surface area is 209 Å². The Bertz CT molecular complexity index is 1140. The largest absolute Gasteiger partial charge is 0.383 e. The summed E-state index contributed by atoms with van der Waals surface area (Å²) in [6.07, 6.45) is 3.21. The maximum Gasteiger partial charge on any atom is 0.256 e. The summed E-state index contributed by atoms with van der Waals surface area (Å²) in [7, 11) is 1.63. The van der Waals surface area contributed by atoms with E-state index in [2.05, 4.69) is 0 Å². The van der Waals surface area contributed by atoms with Crippen molar-refractivity contribution < 1.29 is 13.9 Å². The van der Waals surface area contributed by atoms with Crippen molar-refractivity contribution in [1.82, 2.24) is 9.47 Å². The number of hydrogen-bond donors (Lipinski definition) is 1. The van der Waals surface area contributed by atoms with Crippen molar-refractivity contribution in [2.45, 2.75) is 31.8 Å². The van der Waals surface area contributed by atoms with Crippen molar-refractivity contribution in [2.24, 2.45) is 5.73 Å². The molecule has 178 valence electrons. The van der Waals surface area contributed by atoms with Crippen LogP contribution in [0.2, 0.25) is 10.0 Å². The number of carbonyl (C=O) groups excluding carboxylic acids is 1. The molecule has 1 fully saturated rings. The van der Waals surface area contributed by atoms with Crippen LogP contribution in [0.5, 0.6) is 0 Å². The van der Waals surface area contributed by atoms with Crippen LogP contribution < -0.4 is 5.73 Å². The summed E-state index contributed by atoms with van der Waals surface area (Å²) in [6, 6.07) is 8.52. The number of amides is 1. The molecule has 1 aromatic heterocycles. The summed E-state index contributed by atoms with van der Waals surface area (Å²) in [5, 5.41) is 1.66. The average molecular weight is 515 g/mol. The first-order valence-electron chi connectivity index (χ1n) is 10.7. The van der Waals surface area contributed by atoms with Crippen molar-refractivity contribution >= 4 is 52.4 Å². The van der Waals surface area contributed by atoms with E-state index in [1.54, 1.807) is 19.2 Å². The highest BCUT2D eigenvalue weighted by Gasteiger charge is 2.28. The number of piperidine rings is 1. The molecule has 1 amide bonds. The van der Waals surface area contributed by atoms with Gasteiger partial charge in [-0.2, -0.15) is 0 Å². The lowest BCUT2D eigenvalue weighted by molar-refractivity contribution is 0.0714. The minimum absolute atomic E-state index is 0. The zero-order valence-corrected chi connectivity index (χ0v) is 20.6. The van der Waals surface area contributed by atoms with E-state index in [9.17, 15) is 9.18 Å². The number of rotatable bonds is 6. The third kappa shape index (κ3) is 5.31. The predicted molar refractivity (Wildman–Crippen MR) is 133 cm³/mol. The molecule has 0 saturated carbocycles. The molecule has 3 aromatic rings. The van der Waals surface area contributed by atoms with Crippen LogP contribution in [-0.2, 0) is 17.8 Å². The summed E-state index contributed by atoms with van der Waals surface area (Å²) in [6.45, 7) is 2.55. The van der Waals surface area contributed by atoms with Crippen molar-refractivity contribution in [2.75, 3.05) is 26.8 Å². The third-order valence-corrected chi connectivity index (χ3v) is 6.70. The summed E-state index contributed by atoms with van der Waals surface area (Å²) in [5.41, 5.74) is 8.68. The number of aromatic nitrogens is 1. The minimum Gasteiger partial charge on any atom is -0.383 e. The highest BCUT2D eigenvalue weighted by Crippen LogP contribution is 2.35. The molecule has 33 heavy (non-hydrogen) atoms. The van der Waals surface area contributed by atoms with Gasteiger partial charge in [0.1, 0.15) is 5.82 Å². The van der Waals surface area contributed by atoms with Gasteiger partial charge in [-0.25, -0.2) is 4.39 Å². The molecule has 2 aromatic carbocycles. The van der Waals surface area contributed by atoms with E-state index >= 15 is 0 Å². The topological polar surface area (TPSA) is 60.5 Å². The Morgan fingerprint density at radius 2 is 1.94 bits per heavy atom. The van der Waals surface area contributed by atoms with Gasteiger partial charge < -0.3 is 19.9 Å². The third-order valence-electron chi connectivity index (χ3n) is 6.18. The van der Waals surface area contributed by atoms with E-state index in [4.69, 9.17) is 33.7 Å². The average Bonchev–Trinajstić information content (AvgIpc) is 3.16. The molecule has 9 heteroatoms. The number of nitrogens with two attached hydrogens (primary N) is 1. The fourth-order valence-corrected chi connectivity index (χ4v) is 5.06. The number of likely N-dealkylation sites (tertiary alicyclic amines) is 1. The first kappa shape index (κ1) is 25.8. The quantitative estimate of drug-likeness (QED) is 0.463. The van der Waals surface area contributed by atoms with Crippen molar-refractivity contribution in [3.05, 3.63) is 69.1 Å². The van der Waals surface area contributed by atoms with Crippen LogP contribution >= 0.6 is 35.6 Å². The fraction of sp³-hybridized carbons (Fsp3) is 0.375. The standard InChI is InChI=1S/C24H26Cl2FN3O2.ClH/c1-32-9-8-30-14-19(23-20(26)11-17(25)12-22(23)30)24(31)29-6-4-16(5-7-29)18-10-15(13-28)2-3-21(18)27;/h2-3,10-12,14,16H,4-9,13,28H2,1H3;1H. The highest BCUT2D eigenvalue weighted by atomic mass is 35.5. The SMILES string of the molecule is COCCn1cc(C(=O)N2CCC(c3cc(CN)ccc3F)CC2)c2c(Cl)cc(Cl)cc21.Cl. The van der Waals surface area contributed by atoms with E-state index < -0.39 is 0 Å². The molecule has 2 N–H and O–H groups in total. The molecule has 1 aliphatic heterocycles. The summed E-state index contributed by atoms with van der Waals surface area (Å²) < 4.78 is 21.6. The molecule has 1 saturated heterocycles. The van der Waals surface area contributed by atoms with Gasteiger partial charge in [-0.3, -0.25) is 4.79 Å². The lowest BCUT2D eigenvalue weighted by atomic mass is 9.88. The Kier molecular flexibility index (Phi) is 8.65. The predicted octanol–water partition coefficient (Wildman–Crippen LogP) is 5.63. The van der Waals surface area contributed by atoms with Crippen LogP contribution in [0.3, 0.4) is 0 Å². The second kappa shape index (κ2) is 11.1. The number of methoxy groups -OCH3 is 1. The van der Waals surface area contributed by atoms with Gasteiger partial charge in [0.05, 0.1) is 22.7 Å². The van der Waals surface area contributed by atoms with E-state index in [1.165, 1.54) is 6.07 Å². The fourth-order valence-electron chi connectivity index (χ4n) is 4.48. The van der Waals surface area contributed by atoms with Crippen LogP contribution in [0.1, 0.15) is 40.2 Å². The van der Waals surface area contributed by atoms with Crippen LogP contribution in [-0.4, -0.2) is 42.2 Å². The van der Waals surface area contributed by atoms with Crippen LogP contribution in [0, 0.1) is 5.82 Å². The Hall–Kier alpha value is -1.83. The number of hydrogen-bond acceptors (Lipinski definition) is 3. The number of fused-ring (bicyclic) bond motifs is 1. The van der Waals surface area contributed by atoms with Crippen molar-refractivity contribution in [1.29, 1.82) is 0 Å². The van der Waals surface area contributed by atoms with E-state index in [0.717, 1.165) is 11.1 Å². The highest BCUT2D eigenvalue weighted by molar-refractivity contribution is 6.39. The second-order valence-electron chi connectivity index (χ2n) is 8.14. The normalized spacial score (nSPS) is 14.5. The number of carbonyl (C=O) groups is 1. The van der Waals surface area contributed by atoms with Gasteiger partial charge in [0.2, 0.25) is 0 Å². The molecule has 2 heterocycles. The van der Waals surface area contributed by atoms with Gasteiger partial charge in [-0.1, -0.05) is 35.3 Å². The maximum absolute atomic E-state index is 14.4. The van der Waals surface area contributed by atoms with E-state index in [-0.39, 0.29) is 30.0 Å². The Balaban J connectivity index is 0.00000306. The van der Waals surface area contributed by atoms with Crippen molar-refractivity contribution in [3.63, 3.8) is 0 Å². The van der Waals surface area contributed by atoms with Crippen LogP contribution in [0.4, 0.5) is 4.39 Å². The summed E-state index contributed by atoms with van der Waals surface area (Å²) in [4.78, 5) is 15.3. The molecule has 1 aliphatic rings. The molecule has 0 aliphatic carbocycles. The Morgan fingerprint density at radius 3 is 2.61 bits per heavy atom. The van der Waals surface area contributed by atoms with Gasteiger partial charge >= 0.3 is 0 Å². The molecule has 0 unspecified atom stereocenters. The van der Waals surface area contributed by atoms with Gasteiger partial charge in [0.25, 0.3) is 5.91 Å². The molecule has 4 rings (SSSR count). The van der Waals surface area contributed by atoms with Gasteiger partial charge in [-0.05, 0) is 48.1 Å². The Morgan fingerprint density at radius 1 is 1.21 bits per heavy atom. The first-order valence-corrected chi connectivity index (χ1v) is 11.4. The number of ether oxygens (including phenoxy) is 1. The molecule has 0 bridgehead atoms. The smallest absolute Gasteiger partial charge is 0.256 e.